The Kier molecular flexibility index (Phi) is 3.38. The highest BCUT2D eigenvalue weighted by Gasteiger charge is 2.22. The molecule has 1 aliphatic rings. The van der Waals surface area contributed by atoms with Crippen LogP contribution in [0.5, 0.6) is 5.75 Å². The second-order valence-corrected chi connectivity index (χ2v) is 5.62. The number of fused-ring (bicyclic) bond motifs is 2. The highest BCUT2D eigenvalue weighted by Crippen LogP contribution is 2.33. The van der Waals surface area contributed by atoms with Gasteiger partial charge in [0.1, 0.15) is 22.9 Å². The number of hydrogen-bond donors (Lipinski definition) is 1. The Morgan fingerprint density at radius 3 is 2.96 bits per heavy atom. The Hall–Kier alpha value is -3.42. The number of rotatable bonds is 2. The van der Waals surface area contributed by atoms with Crippen molar-refractivity contribution in [2.45, 2.75) is 0 Å². The molecule has 0 bridgehead atoms. The summed E-state index contributed by atoms with van der Waals surface area (Å²) in [4.78, 5) is 29.7. The molecule has 4 rings (SSSR count). The number of aromatic nitrogens is 2. The number of anilines is 2. The highest BCUT2D eigenvalue weighted by molar-refractivity contribution is 6.04. The van der Waals surface area contributed by atoms with Gasteiger partial charge in [0.25, 0.3) is 11.8 Å². The number of carbonyl (C=O) groups excluding carboxylic acids is 2. The van der Waals surface area contributed by atoms with Gasteiger partial charge in [-0.3, -0.25) is 9.59 Å². The molecule has 0 unspecified atom stereocenters. The molecule has 3 aromatic rings. The first-order chi connectivity index (χ1) is 12.0. The van der Waals surface area contributed by atoms with E-state index < -0.39 is 11.7 Å². The minimum atomic E-state index is -0.435. The average molecular weight is 340 g/mol. The first-order valence-electron chi connectivity index (χ1n) is 7.50. The zero-order valence-electron chi connectivity index (χ0n) is 13.2. The van der Waals surface area contributed by atoms with Crippen molar-refractivity contribution in [3.63, 3.8) is 0 Å². The summed E-state index contributed by atoms with van der Waals surface area (Å²) in [6.45, 7) is -0.00693. The number of hydrogen-bond acceptors (Lipinski definition) is 4. The fourth-order valence-corrected chi connectivity index (χ4v) is 2.62. The summed E-state index contributed by atoms with van der Waals surface area (Å²) in [6, 6.07) is 7.78. The van der Waals surface area contributed by atoms with Crippen LogP contribution in [0.4, 0.5) is 15.8 Å². The number of imidazole rings is 1. The van der Waals surface area contributed by atoms with Gasteiger partial charge in [0.05, 0.1) is 5.69 Å². The van der Waals surface area contributed by atoms with E-state index in [0.717, 1.165) is 0 Å². The van der Waals surface area contributed by atoms with Crippen LogP contribution in [0.25, 0.3) is 5.65 Å². The Bertz CT molecular complexity index is 1010. The lowest BCUT2D eigenvalue weighted by Crippen LogP contribution is -2.35. The number of pyridine rings is 1. The van der Waals surface area contributed by atoms with Crippen LogP contribution in [-0.4, -0.2) is 34.9 Å². The molecule has 0 spiro atoms. The molecule has 2 amide bonds. The number of likely N-dealkylation sites (N-methyl/N-ethyl adjacent to an activating group) is 1. The van der Waals surface area contributed by atoms with Gasteiger partial charge in [-0.25, -0.2) is 9.37 Å². The largest absolute Gasteiger partial charge is 0.482 e. The average Bonchev–Trinajstić information content (AvgIpc) is 3.02. The third-order valence-corrected chi connectivity index (χ3v) is 3.95. The summed E-state index contributed by atoms with van der Waals surface area (Å²) in [5.41, 5.74) is 1.70. The van der Waals surface area contributed by atoms with Crippen molar-refractivity contribution in [1.82, 2.24) is 9.38 Å². The van der Waals surface area contributed by atoms with Gasteiger partial charge in [-0.05, 0) is 30.3 Å². The number of ether oxygens (including phenoxy) is 1. The Morgan fingerprint density at radius 1 is 1.28 bits per heavy atom. The second-order valence-electron chi connectivity index (χ2n) is 5.62. The van der Waals surface area contributed by atoms with Crippen molar-refractivity contribution < 1.29 is 18.7 Å². The van der Waals surface area contributed by atoms with Crippen molar-refractivity contribution in [3.05, 3.63) is 54.2 Å². The first kappa shape index (κ1) is 15.1. The van der Waals surface area contributed by atoms with Gasteiger partial charge in [0.15, 0.2) is 6.61 Å². The van der Waals surface area contributed by atoms with Gasteiger partial charge in [0, 0.05) is 25.1 Å². The lowest BCUT2D eigenvalue weighted by atomic mass is 10.2. The van der Waals surface area contributed by atoms with Gasteiger partial charge in [-0.2, -0.15) is 0 Å². The summed E-state index contributed by atoms with van der Waals surface area (Å²) in [5.74, 6) is -0.448. The minimum Gasteiger partial charge on any atom is -0.482 e. The molecule has 0 saturated carbocycles. The van der Waals surface area contributed by atoms with Crippen LogP contribution in [0.2, 0.25) is 0 Å². The van der Waals surface area contributed by atoms with Gasteiger partial charge in [0.2, 0.25) is 0 Å². The summed E-state index contributed by atoms with van der Waals surface area (Å²) >= 11 is 0. The molecule has 0 radical (unpaired) electrons. The van der Waals surface area contributed by atoms with E-state index in [2.05, 4.69) is 10.3 Å². The molecular weight excluding hydrogens is 327 g/mol. The van der Waals surface area contributed by atoms with E-state index in [1.165, 1.54) is 33.8 Å². The molecule has 126 valence electrons. The van der Waals surface area contributed by atoms with Gasteiger partial charge < -0.3 is 19.4 Å². The quantitative estimate of drug-likeness (QED) is 0.775. The van der Waals surface area contributed by atoms with E-state index in [1.54, 1.807) is 25.2 Å². The minimum absolute atomic E-state index is 0.00693. The van der Waals surface area contributed by atoms with Crippen molar-refractivity contribution in [1.29, 1.82) is 0 Å². The fraction of sp³-hybridized carbons (Fsp3) is 0.118. The third kappa shape index (κ3) is 2.67. The third-order valence-electron chi connectivity index (χ3n) is 3.95. The van der Waals surface area contributed by atoms with E-state index >= 15 is 0 Å². The molecule has 25 heavy (non-hydrogen) atoms. The maximum absolute atomic E-state index is 13.2. The van der Waals surface area contributed by atoms with E-state index in [9.17, 15) is 14.0 Å². The zero-order valence-corrected chi connectivity index (χ0v) is 13.2. The highest BCUT2D eigenvalue weighted by atomic mass is 19.1. The number of halogens is 1. The molecule has 1 N–H and O–H groups in total. The van der Waals surface area contributed by atoms with Crippen molar-refractivity contribution in [3.8, 4) is 5.75 Å². The maximum Gasteiger partial charge on any atom is 0.275 e. The Balaban J connectivity index is 1.61. The molecule has 0 fully saturated rings. The number of nitrogens with zero attached hydrogens (tertiary/aromatic N) is 3. The maximum atomic E-state index is 13.2. The first-order valence-corrected chi connectivity index (χ1v) is 7.50. The summed E-state index contributed by atoms with van der Waals surface area (Å²) in [6.07, 6.45) is 2.70. The predicted octanol–water partition coefficient (Wildman–Crippen LogP) is 2.08. The van der Waals surface area contributed by atoms with Gasteiger partial charge in [-0.1, -0.05) is 0 Å². The molecular formula is C17H13FN4O3. The van der Waals surface area contributed by atoms with E-state index in [1.807, 2.05) is 0 Å². The molecule has 0 atom stereocenters. The monoisotopic (exact) mass is 340 g/mol. The molecule has 0 aliphatic carbocycles. The SMILES string of the molecule is CN1C(=O)COc2ccc(NC(=O)c3cn4cc(F)ccc4n3)cc21. The molecule has 1 aliphatic heterocycles. The normalized spacial score (nSPS) is 13.5. The number of benzene rings is 1. The van der Waals surface area contributed by atoms with Crippen LogP contribution < -0.4 is 15.0 Å². The standard InChI is InChI=1S/C17H13FN4O3/c1-21-13-6-11(3-4-14(13)25-9-16(21)23)19-17(24)12-8-22-7-10(18)2-5-15(22)20-12/h2-8H,9H2,1H3,(H,19,24). The summed E-state index contributed by atoms with van der Waals surface area (Å²) in [5, 5.41) is 2.72. The Morgan fingerprint density at radius 2 is 2.12 bits per heavy atom. The summed E-state index contributed by atoms with van der Waals surface area (Å²) in [7, 11) is 1.64. The van der Waals surface area contributed by atoms with Crippen molar-refractivity contribution >= 4 is 28.8 Å². The number of nitrogens with one attached hydrogen (secondary N) is 1. The van der Waals surface area contributed by atoms with Crippen LogP contribution >= 0.6 is 0 Å². The van der Waals surface area contributed by atoms with Crippen molar-refractivity contribution in [2.24, 2.45) is 0 Å². The van der Waals surface area contributed by atoms with E-state index in [4.69, 9.17) is 4.74 Å². The lowest BCUT2D eigenvalue weighted by Gasteiger charge is -2.26. The molecule has 1 aromatic carbocycles. The Labute approximate surface area is 141 Å². The molecule has 0 saturated heterocycles. The van der Waals surface area contributed by atoms with E-state index in [0.29, 0.717) is 22.8 Å². The molecule has 3 heterocycles. The molecule has 8 heteroatoms. The number of carbonyl (C=O) groups is 2. The van der Waals surface area contributed by atoms with Crippen LogP contribution in [0.3, 0.4) is 0 Å². The molecule has 7 nitrogen and oxygen atoms in total. The molecule has 2 aromatic heterocycles. The van der Waals surface area contributed by atoms with Gasteiger partial charge >= 0.3 is 0 Å². The summed E-state index contributed by atoms with van der Waals surface area (Å²) < 4.78 is 20.0. The lowest BCUT2D eigenvalue weighted by molar-refractivity contribution is -0.120. The predicted molar refractivity (Wildman–Crippen MR) is 88.5 cm³/mol. The topological polar surface area (TPSA) is 75.9 Å². The van der Waals surface area contributed by atoms with Crippen molar-refractivity contribution in [2.75, 3.05) is 23.9 Å². The smallest absolute Gasteiger partial charge is 0.275 e. The van der Waals surface area contributed by atoms with Crippen LogP contribution in [0.15, 0.2) is 42.7 Å². The van der Waals surface area contributed by atoms with Crippen LogP contribution in [0, 0.1) is 5.82 Å². The van der Waals surface area contributed by atoms with Gasteiger partial charge in [-0.15, -0.1) is 0 Å². The van der Waals surface area contributed by atoms with E-state index in [-0.39, 0.29) is 18.2 Å². The second kappa shape index (κ2) is 5.59. The fourth-order valence-electron chi connectivity index (χ4n) is 2.62. The zero-order chi connectivity index (χ0) is 17.6. The van der Waals surface area contributed by atoms with Crippen LogP contribution in [0.1, 0.15) is 10.5 Å². The number of amides is 2. The van der Waals surface area contributed by atoms with Crippen LogP contribution in [-0.2, 0) is 4.79 Å².